The maximum absolute atomic E-state index is 5.90. The fourth-order valence-corrected chi connectivity index (χ4v) is 9.33. The van der Waals surface area contributed by atoms with E-state index in [-0.39, 0.29) is 0 Å². The van der Waals surface area contributed by atoms with Crippen molar-refractivity contribution in [2.45, 2.75) is 51.9 Å². The van der Waals surface area contributed by atoms with Crippen LogP contribution in [0.25, 0.3) is 29.3 Å². The van der Waals surface area contributed by atoms with Gasteiger partial charge in [0, 0.05) is 41.2 Å². The summed E-state index contributed by atoms with van der Waals surface area (Å²) in [5, 5.41) is 0. The van der Waals surface area contributed by atoms with Crippen LogP contribution >= 0.6 is 45.3 Å². The van der Waals surface area contributed by atoms with Crippen molar-refractivity contribution < 1.29 is 9.47 Å². The predicted octanol–water partition coefficient (Wildman–Crippen LogP) is 10.6. The van der Waals surface area contributed by atoms with E-state index in [4.69, 9.17) is 9.47 Å². The van der Waals surface area contributed by atoms with E-state index in [0.717, 1.165) is 17.9 Å². The van der Waals surface area contributed by atoms with E-state index in [1.807, 2.05) is 34.0 Å². The van der Waals surface area contributed by atoms with E-state index in [0.29, 0.717) is 5.92 Å². The molecule has 0 amide bonds. The van der Waals surface area contributed by atoms with E-state index >= 15 is 0 Å². The minimum atomic E-state index is 0.406. The molecule has 4 aromatic heterocycles. The molecule has 4 aromatic rings. The lowest BCUT2D eigenvalue weighted by Crippen LogP contribution is -1.86. The summed E-state index contributed by atoms with van der Waals surface area (Å²) in [6, 6.07) is 11.3. The molecule has 0 radical (unpaired) electrons. The first-order valence-corrected chi connectivity index (χ1v) is 15.8. The molecule has 6 heteroatoms. The van der Waals surface area contributed by atoms with Crippen molar-refractivity contribution in [3.8, 4) is 40.8 Å². The Bertz CT molecular complexity index is 1370. The highest BCUT2D eigenvalue weighted by Gasteiger charge is 2.22. The number of methoxy groups -OCH3 is 2. The lowest BCUT2D eigenvalue weighted by atomic mass is 10.0. The minimum absolute atomic E-state index is 0.406. The van der Waals surface area contributed by atoms with Crippen molar-refractivity contribution >= 4 is 45.3 Å². The van der Waals surface area contributed by atoms with Crippen molar-refractivity contribution in [3.63, 3.8) is 0 Å². The van der Waals surface area contributed by atoms with Crippen LogP contribution < -0.4 is 9.47 Å². The molecule has 4 heterocycles. The molecule has 0 unspecified atom stereocenters. The van der Waals surface area contributed by atoms with Gasteiger partial charge in [0.15, 0.2) is 0 Å². The zero-order valence-corrected chi connectivity index (χ0v) is 24.5. The highest BCUT2D eigenvalue weighted by Crippen LogP contribution is 2.51. The van der Waals surface area contributed by atoms with E-state index in [9.17, 15) is 0 Å². The summed E-state index contributed by atoms with van der Waals surface area (Å²) >= 11 is 7.42. The summed E-state index contributed by atoms with van der Waals surface area (Å²) in [6.07, 6.45) is 15.2. The van der Waals surface area contributed by atoms with Gasteiger partial charge < -0.3 is 9.47 Å². The zero-order valence-electron chi connectivity index (χ0n) is 21.3. The summed E-state index contributed by atoms with van der Waals surface area (Å²) in [5.74, 6) is 2.33. The number of ether oxygens (including phenoxy) is 2. The van der Waals surface area contributed by atoms with E-state index in [1.165, 1.54) is 70.3 Å². The van der Waals surface area contributed by atoms with Crippen LogP contribution in [0.1, 0.15) is 53.8 Å². The Balaban J connectivity index is 1.49. The van der Waals surface area contributed by atoms with Crippen LogP contribution in [0.3, 0.4) is 0 Å². The maximum atomic E-state index is 5.90. The van der Waals surface area contributed by atoms with Gasteiger partial charge in [0.2, 0.25) is 0 Å². The van der Waals surface area contributed by atoms with Gasteiger partial charge in [0.25, 0.3) is 0 Å². The molecule has 0 atom stereocenters. The largest absolute Gasteiger partial charge is 0.495 e. The molecule has 0 spiro atoms. The second-order valence-corrected chi connectivity index (χ2v) is 13.5. The smallest absolute Gasteiger partial charge is 0.138 e. The topological polar surface area (TPSA) is 18.5 Å². The van der Waals surface area contributed by atoms with Crippen molar-refractivity contribution in [1.82, 2.24) is 0 Å². The van der Waals surface area contributed by atoms with Crippen LogP contribution in [-0.2, 0) is 6.42 Å². The van der Waals surface area contributed by atoms with Crippen molar-refractivity contribution in [1.29, 1.82) is 0 Å². The van der Waals surface area contributed by atoms with Crippen LogP contribution in [0.4, 0.5) is 0 Å². The molecule has 5 rings (SSSR count). The molecule has 0 saturated carbocycles. The molecule has 0 N–H and O–H groups in total. The summed E-state index contributed by atoms with van der Waals surface area (Å²) in [6.45, 7) is 4.41. The Morgan fingerprint density at radius 2 is 1.42 bits per heavy atom. The van der Waals surface area contributed by atoms with Gasteiger partial charge in [-0.3, -0.25) is 0 Å². The third kappa shape index (κ3) is 5.28. The number of thiophene rings is 4. The summed E-state index contributed by atoms with van der Waals surface area (Å²) in [5.41, 5.74) is 1.49. The molecule has 0 bridgehead atoms. The van der Waals surface area contributed by atoms with Gasteiger partial charge in [-0.15, -0.1) is 45.3 Å². The van der Waals surface area contributed by atoms with Gasteiger partial charge in [0.1, 0.15) is 11.5 Å². The SMILES string of the molecule is CCCCCCc1cc(C2C=CC=C2)sc1-c1cc(OC)c(-c2ccc(-c3sc(C)cc3OC)s2)s1. The molecular formula is C30H32O2S4. The number of aryl methyl sites for hydroxylation is 2. The second-order valence-electron chi connectivity index (χ2n) is 9.04. The average Bonchev–Trinajstić information content (AvgIpc) is 3.70. The van der Waals surface area contributed by atoms with Crippen LogP contribution in [0, 0.1) is 6.92 Å². The Kier molecular flexibility index (Phi) is 8.16. The molecule has 0 aliphatic heterocycles. The lowest BCUT2D eigenvalue weighted by molar-refractivity contribution is 0.418. The van der Waals surface area contributed by atoms with Crippen molar-refractivity contribution in [3.05, 3.63) is 70.0 Å². The van der Waals surface area contributed by atoms with Crippen LogP contribution in [-0.4, -0.2) is 14.2 Å². The van der Waals surface area contributed by atoms with Gasteiger partial charge in [-0.1, -0.05) is 50.5 Å². The Morgan fingerprint density at radius 3 is 2.11 bits per heavy atom. The maximum Gasteiger partial charge on any atom is 0.138 e. The highest BCUT2D eigenvalue weighted by molar-refractivity contribution is 7.29. The van der Waals surface area contributed by atoms with Crippen LogP contribution in [0.2, 0.25) is 0 Å². The fourth-order valence-electron chi connectivity index (χ4n) is 4.58. The third-order valence-electron chi connectivity index (χ3n) is 6.44. The molecule has 0 aromatic carbocycles. The number of allylic oxidation sites excluding steroid dienone is 4. The number of hydrogen-bond donors (Lipinski definition) is 0. The summed E-state index contributed by atoms with van der Waals surface area (Å²) in [7, 11) is 3.54. The van der Waals surface area contributed by atoms with Crippen molar-refractivity contribution in [2.24, 2.45) is 0 Å². The predicted molar refractivity (Wildman–Crippen MR) is 161 cm³/mol. The summed E-state index contributed by atoms with van der Waals surface area (Å²) < 4.78 is 11.5. The second kappa shape index (κ2) is 11.5. The first-order chi connectivity index (χ1) is 17.6. The molecule has 1 aliphatic carbocycles. The minimum Gasteiger partial charge on any atom is -0.495 e. The average molecular weight is 553 g/mol. The number of rotatable bonds is 11. The van der Waals surface area contributed by atoms with Gasteiger partial charge >= 0.3 is 0 Å². The number of unbranched alkanes of at least 4 members (excludes halogenated alkanes) is 3. The van der Waals surface area contributed by atoms with Gasteiger partial charge in [-0.25, -0.2) is 0 Å². The molecule has 0 fully saturated rings. The molecule has 0 saturated heterocycles. The van der Waals surface area contributed by atoms with E-state index in [1.54, 1.807) is 25.6 Å². The van der Waals surface area contributed by atoms with Gasteiger partial charge in [-0.05, 0) is 49.6 Å². The first-order valence-electron chi connectivity index (χ1n) is 12.5. The van der Waals surface area contributed by atoms with Gasteiger partial charge in [0.05, 0.1) is 24.0 Å². The molecule has 1 aliphatic rings. The standard InChI is InChI=1S/C30H32O2S4/c1-5-6-7-8-13-21-17-26(20-11-9-10-12-20)35-28(21)27-18-23(32-4)30(36-27)25-15-14-24(34-25)29-22(31-3)16-19(2)33-29/h9-12,14-18,20H,5-8,13H2,1-4H3. The van der Waals surface area contributed by atoms with E-state index in [2.05, 4.69) is 68.5 Å². The number of hydrogen-bond acceptors (Lipinski definition) is 6. The van der Waals surface area contributed by atoms with Crippen molar-refractivity contribution in [2.75, 3.05) is 14.2 Å². The molecule has 188 valence electrons. The molecule has 2 nitrogen and oxygen atoms in total. The fraction of sp³-hybridized carbons (Fsp3) is 0.333. The normalized spacial score (nSPS) is 13.2. The van der Waals surface area contributed by atoms with Crippen LogP contribution in [0.15, 0.2) is 54.6 Å². The highest BCUT2D eigenvalue weighted by atomic mass is 32.1. The first kappa shape index (κ1) is 25.5. The Morgan fingerprint density at radius 1 is 0.722 bits per heavy atom. The summed E-state index contributed by atoms with van der Waals surface area (Å²) in [4.78, 5) is 10.3. The molecular weight excluding hydrogens is 521 g/mol. The Labute approximate surface area is 230 Å². The zero-order chi connectivity index (χ0) is 25.1. The molecule has 36 heavy (non-hydrogen) atoms. The quantitative estimate of drug-likeness (QED) is 0.172. The lowest BCUT2D eigenvalue weighted by Gasteiger charge is -2.02. The Hall–Kier alpha value is -2.12. The monoisotopic (exact) mass is 552 g/mol. The third-order valence-corrected chi connectivity index (χ3v) is 11.5. The van der Waals surface area contributed by atoms with Gasteiger partial charge in [-0.2, -0.15) is 0 Å². The van der Waals surface area contributed by atoms with E-state index < -0.39 is 0 Å². The van der Waals surface area contributed by atoms with Crippen LogP contribution in [0.5, 0.6) is 11.5 Å².